The maximum absolute atomic E-state index is 12.2. The third-order valence-corrected chi connectivity index (χ3v) is 3.78. The Morgan fingerprint density at radius 2 is 1.64 bits per heavy atom. The summed E-state index contributed by atoms with van der Waals surface area (Å²) in [6.45, 7) is 6.31. The summed E-state index contributed by atoms with van der Waals surface area (Å²) in [4.78, 5) is 12.2. The Balaban J connectivity index is 2.58. The lowest BCUT2D eigenvalue weighted by Crippen LogP contribution is -2.30. The van der Waals surface area contributed by atoms with Crippen molar-refractivity contribution in [3.8, 4) is 0 Å². The van der Waals surface area contributed by atoms with Gasteiger partial charge in [0.25, 0.3) is 0 Å². The van der Waals surface area contributed by atoms with E-state index in [9.17, 15) is 4.79 Å². The zero-order valence-electron chi connectivity index (χ0n) is 9.94. The molecule has 1 aliphatic carbocycles. The summed E-state index contributed by atoms with van der Waals surface area (Å²) in [5.74, 6) is 0.884. The topological polar surface area (TPSA) is 17.1 Å². The van der Waals surface area contributed by atoms with Gasteiger partial charge in [0.15, 0.2) is 0 Å². The fourth-order valence-electron chi connectivity index (χ4n) is 2.27. The van der Waals surface area contributed by atoms with Crippen LogP contribution in [0.5, 0.6) is 0 Å². The van der Waals surface area contributed by atoms with Gasteiger partial charge in [-0.25, -0.2) is 0 Å². The molecule has 0 N–H and O–H groups in total. The van der Waals surface area contributed by atoms with Crippen LogP contribution in [-0.4, -0.2) is 5.78 Å². The second-order valence-corrected chi connectivity index (χ2v) is 5.29. The zero-order chi connectivity index (χ0) is 10.6. The minimum Gasteiger partial charge on any atom is -0.299 e. The van der Waals surface area contributed by atoms with Crippen molar-refractivity contribution in [1.29, 1.82) is 0 Å². The van der Waals surface area contributed by atoms with Gasteiger partial charge >= 0.3 is 0 Å². The molecule has 0 atom stereocenters. The number of carbonyl (C=O) groups excluding carboxylic acids is 1. The smallest absolute Gasteiger partial charge is 0.141 e. The highest BCUT2D eigenvalue weighted by atomic mass is 16.1. The molecule has 82 valence electrons. The molecule has 0 unspecified atom stereocenters. The maximum Gasteiger partial charge on any atom is 0.141 e. The summed E-state index contributed by atoms with van der Waals surface area (Å²) >= 11 is 0. The van der Waals surface area contributed by atoms with Gasteiger partial charge in [0, 0.05) is 11.3 Å². The second-order valence-electron chi connectivity index (χ2n) is 5.29. The van der Waals surface area contributed by atoms with Crippen LogP contribution < -0.4 is 0 Å². The van der Waals surface area contributed by atoms with E-state index in [-0.39, 0.29) is 5.41 Å². The van der Waals surface area contributed by atoms with Crippen molar-refractivity contribution >= 4 is 5.78 Å². The monoisotopic (exact) mass is 196 g/mol. The van der Waals surface area contributed by atoms with Crippen molar-refractivity contribution in [2.45, 2.75) is 65.7 Å². The van der Waals surface area contributed by atoms with E-state index in [4.69, 9.17) is 0 Å². The molecule has 0 radical (unpaired) electrons. The Kier molecular flexibility index (Phi) is 4.15. The number of hydrogen-bond acceptors (Lipinski definition) is 1. The van der Waals surface area contributed by atoms with E-state index in [0.29, 0.717) is 11.7 Å². The van der Waals surface area contributed by atoms with Crippen LogP contribution in [0.1, 0.15) is 65.7 Å². The lowest BCUT2D eigenvalue weighted by atomic mass is 9.77. The highest BCUT2D eigenvalue weighted by Crippen LogP contribution is 2.32. The predicted molar refractivity (Wildman–Crippen MR) is 60.3 cm³/mol. The molecule has 14 heavy (non-hydrogen) atoms. The van der Waals surface area contributed by atoms with Crippen LogP contribution in [0.3, 0.4) is 0 Å². The standard InChI is InChI=1S/C13H24O/c1-4-13(2,3)12(14)11-9-7-5-6-8-10-11/h11H,4-10H2,1-3H3. The first-order valence-electron chi connectivity index (χ1n) is 6.12. The minimum absolute atomic E-state index is 0.0883. The molecule has 1 fully saturated rings. The first-order valence-corrected chi connectivity index (χ1v) is 6.12. The average molecular weight is 196 g/mol. The zero-order valence-corrected chi connectivity index (χ0v) is 9.94. The van der Waals surface area contributed by atoms with Gasteiger partial charge in [0.05, 0.1) is 0 Å². The Bertz CT molecular complexity index is 185. The number of ketones is 1. The van der Waals surface area contributed by atoms with Gasteiger partial charge in [-0.3, -0.25) is 4.79 Å². The first kappa shape index (κ1) is 11.7. The summed E-state index contributed by atoms with van der Waals surface area (Å²) in [7, 11) is 0. The first-order chi connectivity index (χ1) is 6.58. The van der Waals surface area contributed by atoms with Crippen LogP contribution in [0, 0.1) is 11.3 Å². The molecular weight excluding hydrogens is 172 g/mol. The summed E-state index contributed by atoms with van der Waals surface area (Å²) in [6.07, 6.45) is 8.44. The average Bonchev–Trinajstić information content (AvgIpc) is 2.44. The van der Waals surface area contributed by atoms with E-state index in [1.54, 1.807) is 0 Å². The molecule has 0 bridgehead atoms. The number of hydrogen-bond donors (Lipinski definition) is 0. The third kappa shape index (κ3) is 2.83. The van der Waals surface area contributed by atoms with Crippen LogP contribution in [0.15, 0.2) is 0 Å². The summed E-state index contributed by atoms with van der Waals surface area (Å²) in [6, 6.07) is 0. The van der Waals surface area contributed by atoms with Crippen molar-refractivity contribution in [2.24, 2.45) is 11.3 Å². The van der Waals surface area contributed by atoms with E-state index in [1.807, 2.05) is 0 Å². The number of Topliss-reactive ketones (excluding diaryl/α,β-unsaturated/α-hetero) is 1. The number of rotatable bonds is 3. The van der Waals surface area contributed by atoms with E-state index < -0.39 is 0 Å². The van der Waals surface area contributed by atoms with E-state index in [2.05, 4.69) is 20.8 Å². The van der Waals surface area contributed by atoms with Crippen molar-refractivity contribution < 1.29 is 4.79 Å². The highest BCUT2D eigenvalue weighted by Gasteiger charge is 2.31. The Morgan fingerprint density at radius 3 is 2.07 bits per heavy atom. The van der Waals surface area contributed by atoms with Gasteiger partial charge in [-0.15, -0.1) is 0 Å². The van der Waals surface area contributed by atoms with Crippen molar-refractivity contribution in [2.75, 3.05) is 0 Å². The quantitative estimate of drug-likeness (QED) is 0.624. The van der Waals surface area contributed by atoms with E-state index in [0.717, 1.165) is 19.3 Å². The van der Waals surface area contributed by atoms with Crippen LogP contribution >= 0.6 is 0 Å². The summed E-state index contributed by atoms with van der Waals surface area (Å²) < 4.78 is 0. The molecule has 0 heterocycles. The molecule has 1 saturated carbocycles. The van der Waals surface area contributed by atoms with Crippen molar-refractivity contribution in [3.05, 3.63) is 0 Å². The molecule has 1 heteroatoms. The molecule has 0 aromatic carbocycles. The largest absolute Gasteiger partial charge is 0.299 e. The third-order valence-electron chi connectivity index (χ3n) is 3.78. The van der Waals surface area contributed by atoms with E-state index in [1.165, 1.54) is 25.7 Å². The van der Waals surface area contributed by atoms with Crippen molar-refractivity contribution in [3.63, 3.8) is 0 Å². The number of carbonyl (C=O) groups is 1. The normalized spacial score (nSPS) is 20.5. The molecule has 0 amide bonds. The van der Waals surface area contributed by atoms with Gasteiger partial charge in [0.1, 0.15) is 5.78 Å². The fourth-order valence-corrected chi connectivity index (χ4v) is 2.27. The van der Waals surface area contributed by atoms with E-state index >= 15 is 0 Å². The molecule has 0 aliphatic heterocycles. The lowest BCUT2D eigenvalue weighted by Gasteiger charge is -2.26. The molecule has 0 spiro atoms. The minimum atomic E-state index is -0.0883. The second kappa shape index (κ2) is 4.95. The predicted octanol–water partition coefficient (Wildman–Crippen LogP) is 3.96. The Labute approximate surface area is 88.3 Å². The van der Waals surface area contributed by atoms with Gasteiger partial charge in [-0.05, 0) is 19.3 Å². The van der Waals surface area contributed by atoms with Gasteiger partial charge in [-0.1, -0.05) is 46.5 Å². The van der Waals surface area contributed by atoms with Crippen LogP contribution in [0.25, 0.3) is 0 Å². The molecule has 1 rings (SSSR count). The molecule has 1 aliphatic rings. The molecule has 0 aromatic rings. The van der Waals surface area contributed by atoms with Crippen LogP contribution in [0.4, 0.5) is 0 Å². The van der Waals surface area contributed by atoms with Gasteiger partial charge < -0.3 is 0 Å². The van der Waals surface area contributed by atoms with Gasteiger partial charge in [-0.2, -0.15) is 0 Å². The molecule has 1 nitrogen and oxygen atoms in total. The Hall–Kier alpha value is -0.330. The molecule has 0 saturated heterocycles. The summed E-state index contributed by atoms with van der Waals surface area (Å²) in [5.41, 5.74) is -0.0883. The maximum atomic E-state index is 12.2. The lowest BCUT2D eigenvalue weighted by molar-refractivity contribution is -0.131. The summed E-state index contributed by atoms with van der Waals surface area (Å²) in [5, 5.41) is 0. The SMILES string of the molecule is CCC(C)(C)C(=O)C1CCCCCC1. The fraction of sp³-hybridized carbons (Fsp3) is 0.923. The van der Waals surface area contributed by atoms with Crippen LogP contribution in [0.2, 0.25) is 0 Å². The molecular formula is C13H24O. The van der Waals surface area contributed by atoms with Crippen LogP contribution in [-0.2, 0) is 4.79 Å². The van der Waals surface area contributed by atoms with Crippen molar-refractivity contribution in [1.82, 2.24) is 0 Å². The molecule has 0 aromatic heterocycles. The Morgan fingerprint density at radius 1 is 1.14 bits per heavy atom. The van der Waals surface area contributed by atoms with Gasteiger partial charge in [0.2, 0.25) is 0 Å². The highest BCUT2D eigenvalue weighted by molar-refractivity contribution is 5.86.